The minimum atomic E-state index is -0.697. The number of benzene rings is 1. The van der Waals surface area contributed by atoms with E-state index >= 15 is 0 Å². The molecule has 8 heteroatoms. The largest absolute Gasteiger partial charge is 0.496 e. The number of rotatable bonds is 5. The van der Waals surface area contributed by atoms with Gasteiger partial charge in [-0.25, -0.2) is 9.79 Å². The second-order valence-electron chi connectivity index (χ2n) is 7.58. The fourth-order valence-electron chi connectivity index (χ4n) is 4.01. The molecule has 0 radical (unpaired) electrons. The third kappa shape index (κ3) is 3.71. The van der Waals surface area contributed by atoms with E-state index in [1.54, 1.807) is 25.5 Å². The highest BCUT2D eigenvalue weighted by molar-refractivity contribution is 7.07. The molecule has 2 aromatic heterocycles. The van der Waals surface area contributed by atoms with Gasteiger partial charge in [-0.2, -0.15) is 0 Å². The van der Waals surface area contributed by atoms with Crippen LogP contribution < -0.4 is 19.6 Å². The van der Waals surface area contributed by atoms with E-state index in [9.17, 15) is 9.59 Å². The molecule has 166 valence electrons. The molecule has 0 aliphatic carbocycles. The predicted octanol–water partition coefficient (Wildman–Crippen LogP) is 2.75. The maximum atomic E-state index is 13.6. The molecule has 1 aromatic carbocycles. The number of aromatic nitrogens is 2. The molecule has 3 heterocycles. The second kappa shape index (κ2) is 8.63. The zero-order chi connectivity index (χ0) is 23.0. The fourth-order valence-corrected chi connectivity index (χ4v) is 5.05. The van der Waals surface area contributed by atoms with Gasteiger partial charge in [0, 0.05) is 17.0 Å². The number of methoxy groups -OCH3 is 1. The number of thiazole rings is 1. The number of allylic oxidation sites excluding steroid dienone is 1. The molecule has 3 aromatic rings. The van der Waals surface area contributed by atoms with Gasteiger partial charge in [-0.1, -0.05) is 29.5 Å². The minimum Gasteiger partial charge on any atom is -0.496 e. The Labute approximate surface area is 189 Å². The van der Waals surface area contributed by atoms with Crippen molar-refractivity contribution in [2.75, 3.05) is 13.7 Å². The Bertz CT molecular complexity index is 1410. The van der Waals surface area contributed by atoms with E-state index in [1.807, 2.05) is 50.3 Å². The lowest BCUT2D eigenvalue weighted by Gasteiger charge is -2.25. The van der Waals surface area contributed by atoms with Crippen LogP contribution in [0.15, 0.2) is 51.4 Å². The average Bonchev–Trinajstić information content (AvgIpc) is 3.24. The first kappa shape index (κ1) is 21.8. The topological polar surface area (TPSA) is 85.7 Å². The fraction of sp³-hybridized carbons (Fsp3) is 0.292. The van der Waals surface area contributed by atoms with Crippen molar-refractivity contribution < 1.29 is 14.3 Å². The van der Waals surface area contributed by atoms with Crippen molar-refractivity contribution >= 4 is 23.4 Å². The van der Waals surface area contributed by atoms with Gasteiger partial charge in [0.05, 0.1) is 29.5 Å². The first-order chi connectivity index (χ1) is 15.3. The molecular weight excluding hydrogens is 426 g/mol. The van der Waals surface area contributed by atoms with E-state index in [2.05, 4.69) is 9.98 Å². The maximum absolute atomic E-state index is 13.6. The Balaban J connectivity index is 2.01. The predicted molar refractivity (Wildman–Crippen MR) is 124 cm³/mol. The minimum absolute atomic E-state index is 0.211. The Morgan fingerprint density at radius 3 is 2.69 bits per heavy atom. The summed E-state index contributed by atoms with van der Waals surface area (Å²) in [4.78, 5) is 35.0. The molecule has 1 aliphatic heterocycles. The van der Waals surface area contributed by atoms with Crippen LogP contribution in [0.2, 0.25) is 0 Å². The number of fused-ring (bicyclic) bond motifs is 1. The summed E-state index contributed by atoms with van der Waals surface area (Å²) in [5, 5.41) is 0. The lowest BCUT2D eigenvalue weighted by atomic mass is 9.95. The molecule has 1 atom stereocenters. The van der Waals surface area contributed by atoms with Crippen molar-refractivity contribution in [2.24, 2.45) is 4.99 Å². The Morgan fingerprint density at radius 2 is 2.03 bits per heavy atom. The monoisotopic (exact) mass is 451 g/mol. The Hall–Kier alpha value is -3.39. The number of H-pyrrole nitrogens is 1. The van der Waals surface area contributed by atoms with Gasteiger partial charge >= 0.3 is 5.97 Å². The molecule has 0 saturated heterocycles. The van der Waals surface area contributed by atoms with Crippen molar-refractivity contribution in [1.29, 1.82) is 0 Å². The number of carbonyl (C=O) groups excluding carboxylic acids is 1. The molecule has 7 nitrogen and oxygen atoms in total. The van der Waals surface area contributed by atoms with E-state index in [-0.39, 0.29) is 12.2 Å². The number of para-hydroxylation sites is 1. The Morgan fingerprint density at radius 1 is 1.28 bits per heavy atom. The van der Waals surface area contributed by atoms with Crippen LogP contribution in [0.5, 0.6) is 5.75 Å². The summed E-state index contributed by atoms with van der Waals surface area (Å²) in [5.74, 6) is 0.0942. The number of esters is 1. The van der Waals surface area contributed by atoms with Crippen molar-refractivity contribution in [3.63, 3.8) is 0 Å². The van der Waals surface area contributed by atoms with Crippen LogP contribution in [0.3, 0.4) is 0 Å². The highest BCUT2D eigenvalue weighted by Gasteiger charge is 2.34. The van der Waals surface area contributed by atoms with Gasteiger partial charge in [-0.15, -0.1) is 0 Å². The van der Waals surface area contributed by atoms with Crippen LogP contribution in [0, 0.1) is 13.8 Å². The zero-order valence-electron chi connectivity index (χ0n) is 18.7. The highest BCUT2D eigenvalue weighted by atomic mass is 32.1. The molecule has 32 heavy (non-hydrogen) atoms. The molecule has 0 amide bonds. The van der Waals surface area contributed by atoms with Gasteiger partial charge in [0.1, 0.15) is 11.8 Å². The SMILES string of the molecule is CCOC(=O)C1=C(C)N=c2s/c(=C\c3cc(C)[nH]c3C)c(=O)n2[C@@H]1c1ccccc1OC. The van der Waals surface area contributed by atoms with Crippen LogP contribution in [0.1, 0.15) is 42.4 Å². The van der Waals surface area contributed by atoms with Gasteiger partial charge in [-0.05, 0) is 51.5 Å². The highest BCUT2D eigenvalue weighted by Crippen LogP contribution is 2.35. The van der Waals surface area contributed by atoms with Crippen molar-refractivity contribution in [3.8, 4) is 5.75 Å². The maximum Gasteiger partial charge on any atom is 0.338 e. The summed E-state index contributed by atoms with van der Waals surface area (Å²) in [7, 11) is 1.57. The number of aryl methyl sites for hydroxylation is 2. The molecule has 1 N–H and O–H groups in total. The van der Waals surface area contributed by atoms with Crippen LogP contribution in [0.4, 0.5) is 0 Å². The van der Waals surface area contributed by atoms with Gasteiger partial charge in [0.25, 0.3) is 5.56 Å². The van der Waals surface area contributed by atoms with Gasteiger partial charge in [0.2, 0.25) is 0 Å². The number of hydrogen-bond donors (Lipinski definition) is 1. The molecule has 0 unspecified atom stereocenters. The first-order valence-corrected chi connectivity index (χ1v) is 11.2. The zero-order valence-corrected chi connectivity index (χ0v) is 19.5. The average molecular weight is 452 g/mol. The second-order valence-corrected chi connectivity index (χ2v) is 8.59. The van der Waals surface area contributed by atoms with Gasteiger partial charge in [0.15, 0.2) is 4.80 Å². The standard InChI is InChI=1S/C24H25N3O4S/c1-6-31-23(29)20-15(4)26-24-27(21(20)17-9-7-8-10-18(17)30-5)22(28)19(32-24)12-16-11-13(2)25-14(16)3/h7-12,21,25H,6H2,1-5H3/b19-12-/t21-/m1/s1. The summed E-state index contributed by atoms with van der Waals surface area (Å²) in [6, 6.07) is 8.69. The number of nitrogens with one attached hydrogen (secondary N) is 1. The van der Waals surface area contributed by atoms with E-state index in [4.69, 9.17) is 9.47 Å². The van der Waals surface area contributed by atoms with E-state index in [0.29, 0.717) is 31.9 Å². The lowest BCUT2D eigenvalue weighted by Crippen LogP contribution is -2.40. The molecule has 0 bridgehead atoms. The summed E-state index contributed by atoms with van der Waals surface area (Å²) >= 11 is 1.30. The quantitative estimate of drug-likeness (QED) is 0.605. The van der Waals surface area contributed by atoms with Crippen LogP contribution in [-0.4, -0.2) is 29.2 Å². The van der Waals surface area contributed by atoms with Gasteiger partial charge < -0.3 is 14.5 Å². The summed E-state index contributed by atoms with van der Waals surface area (Å²) in [5.41, 5.74) is 4.31. The summed E-state index contributed by atoms with van der Waals surface area (Å²) in [6.45, 7) is 7.69. The number of aromatic amines is 1. The van der Waals surface area contributed by atoms with Crippen LogP contribution in [-0.2, 0) is 9.53 Å². The van der Waals surface area contributed by atoms with E-state index in [0.717, 1.165) is 17.0 Å². The Kier molecular flexibility index (Phi) is 5.88. The third-order valence-corrected chi connectivity index (χ3v) is 6.41. The van der Waals surface area contributed by atoms with Crippen molar-refractivity contribution in [2.45, 2.75) is 33.7 Å². The lowest BCUT2D eigenvalue weighted by molar-refractivity contribution is -0.139. The van der Waals surface area contributed by atoms with Crippen molar-refractivity contribution in [3.05, 3.63) is 83.8 Å². The molecular formula is C24H25N3O4S. The molecule has 0 spiro atoms. The van der Waals surface area contributed by atoms with Crippen LogP contribution in [0.25, 0.3) is 6.08 Å². The third-order valence-electron chi connectivity index (χ3n) is 5.43. The van der Waals surface area contributed by atoms with E-state index in [1.165, 1.54) is 11.3 Å². The van der Waals surface area contributed by atoms with E-state index < -0.39 is 12.0 Å². The van der Waals surface area contributed by atoms with Crippen molar-refractivity contribution in [1.82, 2.24) is 9.55 Å². The number of hydrogen-bond acceptors (Lipinski definition) is 6. The molecule has 0 saturated carbocycles. The smallest absolute Gasteiger partial charge is 0.338 e. The summed E-state index contributed by atoms with van der Waals surface area (Å²) < 4.78 is 13.0. The van der Waals surface area contributed by atoms with Crippen LogP contribution >= 0.6 is 11.3 Å². The van der Waals surface area contributed by atoms with Gasteiger partial charge in [-0.3, -0.25) is 9.36 Å². The first-order valence-electron chi connectivity index (χ1n) is 10.3. The molecule has 0 fully saturated rings. The molecule has 1 aliphatic rings. The summed E-state index contributed by atoms with van der Waals surface area (Å²) in [6.07, 6.45) is 1.87. The normalized spacial score (nSPS) is 16.0. The number of ether oxygens (including phenoxy) is 2. The molecule has 4 rings (SSSR count). The number of nitrogens with zero attached hydrogens (tertiary/aromatic N) is 2. The number of carbonyl (C=O) groups is 1.